The fourth-order valence-electron chi connectivity index (χ4n) is 3.26. The first-order chi connectivity index (χ1) is 13.0. The number of nitrogens with one attached hydrogen (secondary N) is 2. The van der Waals surface area contributed by atoms with Crippen LogP contribution in [0.2, 0.25) is 0 Å². The Kier molecular flexibility index (Phi) is 4.43. The number of nitrogens with zero attached hydrogens (tertiary/aromatic N) is 2. The Bertz CT molecular complexity index is 895. The summed E-state index contributed by atoms with van der Waals surface area (Å²) in [5, 5.41) is 5.90. The van der Waals surface area contributed by atoms with Crippen LogP contribution in [-0.2, 0) is 4.79 Å². The smallest absolute Gasteiger partial charge is 0.319 e. The lowest BCUT2D eigenvalue weighted by molar-refractivity contribution is -0.120. The van der Waals surface area contributed by atoms with Crippen LogP contribution in [0, 0.1) is 12.8 Å². The molecular formula is C20H22N4O3. The lowest BCUT2D eigenvalue weighted by atomic mass is 10.1. The van der Waals surface area contributed by atoms with Crippen LogP contribution in [0.4, 0.5) is 16.2 Å². The predicted octanol–water partition coefficient (Wildman–Crippen LogP) is 3.02. The van der Waals surface area contributed by atoms with E-state index in [0.717, 1.165) is 24.1 Å². The highest BCUT2D eigenvalue weighted by molar-refractivity contribution is 5.98. The number of carbonyl (C=O) groups is 2. The number of aromatic nitrogens is 1. The van der Waals surface area contributed by atoms with Crippen LogP contribution in [0.5, 0.6) is 5.75 Å². The van der Waals surface area contributed by atoms with Gasteiger partial charge in [-0.3, -0.25) is 9.78 Å². The molecule has 1 aromatic carbocycles. The molecule has 1 atom stereocenters. The molecule has 0 saturated heterocycles. The van der Waals surface area contributed by atoms with E-state index in [2.05, 4.69) is 15.6 Å². The van der Waals surface area contributed by atoms with Gasteiger partial charge in [0.05, 0.1) is 17.4 Å². The van der Waals surface area contributed by atoms with Crippen LogP contribution in [0.15, 0.2) is 36.5 Å². The minimum Gasteiger partial charge on any atom is -0.481 e. The number of hydrogen-bond acceptors (Lipinski definition) is 4. The minimum atomic E-state index is -0.282. The second-order valence-corrected chi connectivity index (χ2v) is 7.10. The zero-order chi connectivity index (χ0) is 19.0. The monoisotopic (exact) mass is 366 g/mol. The zero-order valence-corrected chi connectivity index (χ0v) is 15.4. The second-order valence-electron chi connectivity index (χ2n) is 7.10. The number of carbonyl (C=O) groups excluding carboxylic acids is 2. The molecule has 7 heteroatoms. The van der Waals surface area contributed by atoms with Crippen LogP contribution < -0.4 is 20.3 Å². The minimum absolute atomic E-state index is 0.00192. The average molecular weight is 366 g/mol. The average Bonchev–Trinajstić information content (AvgIpc) is 3.48. The van der Waals surface area contributed by atoms with Crippen LogP contribution in [0.25, 0.3) is 0 Å². The number of fused-ring (bicyclic) bond motifs is 1. The summed E-state index contributed by atoms with van der Waals surface area (Å²) >= 11 is 0. The van der Waals surface area contributed by atoms with Crippen LogP contribution in [0.3, 0.4) is 0 Å². The van der Waals surface area contributed by atoms with Crippen molar-refractivity contribution in [3.63, 3.8) is 0 Å². The number of anilines is 2. The van der Waals surface area contributed by atoms with E-state index in [4.69, 9.17) is 4.74 Å². The summed E-state index contributed by atoms with van der Waals surface area (Å²) < 4.78 is 5.47. The van der Waals surface area contributed by atoms with Gasteiger partial charge in [0.2, 0.25) is 0 Å². The molecule has 1 fully saturated rings. The van der Waals surface area contributed by atoms with Gasteiger partial charge >= 0.3 is 6.03 Å². The largest absolute Gasteiger partial charge is 0.481 e. The van der Waals surface area contributed by atoms with Gasteiger partial charge in [-0.2, -0.15) is 0 Å². The van der Waals surface area contributed by atoms with Gasteiger partial charge in [-0.25, -0.2) is 4.79 Å². The van der Waals surface area contributed by atoms with E-state index in [1.165, 1.54) is 0 Å². The number of amides is 3. The summed E-state index contributed by atoms with van der Waals surface area (Å²) in [6.45, 7) is 2.02. The molecule has 1 saturated carbocycles. The molecule has 1 aliphatic carbocycles. The van der Waals surface area contributed by atoms with E-state index in [-0.39, 0.29) is 24.6 Å². The van der Waals surface area contributed by atoms with E-state index in [1.54, 1.807) is 36.3 Å². The summed E-state index contributed by atoms with van der Waals surface area (Å²) in [6.07, 6.45) is 3.96. The van der Waals surface area contributed by atoms with E-state index in [9.17, 15) is 9.59 Å². The third kappa shape index (κ3) is 3.72. The maximum absolute atomic E-state index is 12.5. The van der Waals surface area contributed by atoms with Gasteiger partial charge in [-0.1, -0.05) is 0 Å². The topological polar surface area (TPSA) is 83.6 Å². The Morgan fingerprint density at radius 1 is 1.30 bits per heavy atom. The molecule has 2 aliphatic rings. The second kappa shape index (κ2) is 6.90. The Morgan fingerprint density at radius 3 is 2.85 bits per heavy atom. The molecule has 0 radical (unpaired) electrons. The number of aryl methyl sites for hydroxylation is 1. The predicted molar refractivity (Wildman–Crippen MR) is 102 cm³/mol. The van der Waals surface area contributed by atoms with Crippen molar-refractivity contribution >= 4 is 23.3 Å². The summed E-state index contributed by atoms with van der Waals surface area (Å²) in [7, 11) is 1.71. The number of benzene rings is 1. The van der Waals surface area contributed by atoms with Gasteiger partial charge < -0.3 is 20.3 Å². The number of pyridine rings is 1. The van der Waals surface area contributed by atoms with Crippen molar-refractivity contribution in [1.82, 2.24) is 10.3 Å². The number of likely N-dealkylation sites (N-methyl/N-ethyl adjacent to an activating group) is 1. The van der Waals surface area contributed by atoms with E-state index < -0.39 is 0 Å². The molecule has 27 heavy (non-hydrogen) atoms. The summed E-state index contributed by atoms with van der Waals surface area (Å²) in [5.74, 6) is 0.907. The lowest BCUT2D eigenvalue weighted by Crippen LogP contribution is -2.36. The Morgan fingerprint density at radius 2 is 2.11 bits per heavy atom. The highest BCUT2D eigenvalue weighted by atomic mass is 16.5. The molecule has 1 aromatic heterocycles. The van der Waals surface area contributed by atoms with Crippen molar-refractivity contribution in [2.45, 2.75) is 25.8 Å². The first-order valence-corrected chi connectivity index (χ1v) is 9.05. The Labute approximate surface area is 157 Å². The molecule has 1 unspecified atom stereocenters. The highest BCUT2D eigenvalue weighted by Crippen LogP contribution is 2.40. The van der Waals surface area contributed by atoms with Crippen molar-refractivity contribution in [1.29, 1.82) is 0 Å². The third-order valence-electron chi connectivity index (χ3n) is 4.94. The van der Waals surface area contributed by atoms with E-state index in [1.807, 2.05) is 19.1 Å². The van der Waals surface area contributed by atoms with Crippen molar-refractivity contribution in [2.24, 2.45) is 5.92 Å². The number of ether oxygens (including phenoxy) is 1. The number of hydrogen-bond donors (Lipinski definition) is 2. The van der Waals surface area contributed by atoms with Gasteiger partial charge in [-0.05, 0) is 55.5 Å². The third-order valence-corrected chi connectivity index (χ3v) is 4.94. The first kappa shape index (κ1) is 17.3. The molecular weight excluding hydrogens is 344 g/mol. The molecule has 0 bridgehead atoms. The van der Waals surface area contributed by atoms with Crippen LogP contribution in [0.1, 0.15) is 30.1 Å². The van der Waals surface area contributed by atoms with Crippen molar-refractivity contribution < 1.29 is 14.3 Å². The zero-order valence-electron chi connectivity index (χ0n) is 15.4. The van der Waals surface area contributed by atoms with E-state index >= 15 is 0 Å². The normalized spacial score (nSPS) is 17.0. The molecule has 2 aromatic rings. The SMILES string of the molecule is Cc1ccnc(C(NC(=O)Nc2ccc3c(c2)OCC(=O)N3C)C2CC2)c1. The fourth-order valence-corrected chi connectivity index (χ4v) is 3.26. The van der Waals surface area contributed by atoms with Crippen molar-refractivity contribution in [3.8, 4) is 5.75 Å². The van der Waals surface area contributed by atoms with Crippen molar-refractivity contribution in [2.75, 3.05) is 23.9 Å². The first-order valence-electron chi connectivity index (χ1n) is 9.05. The molecule has 0 spiro atoms. The quantitative estimate of drug-likeness (QED) is 0.871. The molecule has 7 nitrogen and oxygen atoms in total. The molecule has 2 N–H and O–H groups in total. The fraction of sp³-hybridized carbons (Fsp3) is 0.350. The van der Waals surface area contributed by atoms with Gasteiger partial charge in [-0.15, -0.1) is 0 Å². The van der Waals surface area contributed by atoms with Gasteiger partial charge in [0.1, 0.15) is 5.75 Å². The maximum Gasteiger partial charge on any atom is 0.319 e. The van der Waals surface area contributed by atoms with Gasteiger partial charge in [0.15, 0.2) is 6.61 Å². The van der Waals surface area contributed by atoms with E-state index in [0.29, 0.717) is 23.0 Å². The van der Waals surface area contributed by atoms with Crippen LogP contribution in [-0.4, -0.2) is 30.6 Å². The van der Waals surface area contributed by atoms with Crippen LogP contribution >= 0.6 is 0 Å². The van der Waals surface area contributed by atoms with Gasteiger partial charge in [0.25, 0.3) is 5.91 Å². The van der Waals surface area contributed by atoms with Crippen molar-refractivity contribution in [3.05, 3.63) is 47.8 Å². The lowest BCUT2D eigenvalue weighted by Gasteiger charge is -2.26. The summed E-state index contributed by atoms with van der Waals surface area (Å²) in [5.41, 5.74) is 3.32. The number of urea groups is 1. The molecule has 1 aliphatic heterocycles. The Balaban J connectivity index is 1.46. The molecule has 4 rings (SSSR count). The molecule has 3 amide bonds. The standard InChI is InChI=1S/C20H22N4O3/c1-12-7-8-21-15(9-12)19(13-3-4-13)23-20(26)22-14-5-6-16-17(10-14)27-11-18(25)24(16)2/h5-10,13,19H,3-4,11H2,1-2H3,(H2,22,23,26). The number of rotatable bonds is 4. The summed E-state index contributed by atoms with van der Waals surface area (Å²) in [6, 6.07) is 8.84. The summed E-state index contributed by atoms with van der Waals surface area (Å²) in [4.78, 5) is 30.2. The maximum atomic E-state index is 12.5. The highest BCUT2D eigenvalue weighted by Gasteiger charge is 2.34. The molecule has 140 valence electrons. The molecule has 2 heterocycles. The van der Waals surface area contributed by atoms with Gasteiger partial charge in [0, 0.05) is 25.0 Å². The Hall–Kier alpha value is -3.09.